The molecule has 0 fully saturated rings. The third kappa shape index (κ3) is 5.70. The van der Waals surface area contributed by atoms with Crippen LogP contribution in [0.1, 0.15) is 27.7 Å². The van der Waals surface area contributed by atoms with E-state index in [1.54, 1.807) is 0 Å². The Morgan fingerprint density at radius 1 is 0.842 bits per heavy atom. The first kappa shape index (κ1) is 20.0. The van der Waals surface area contributed by atoms with Crippen molar-refractivity contribution in [1.29, 1.82) is 0 Å². The van der Waals surface area contributed by atoms with E-state index in [1.807, 2.05) is 26.7 Å². The Hall–Kier alpha value is 0.970. The van der Waals surface area contributed by atoms with Gasteiger partial charge in [0.15, 0.2) is 0 Å². The third-order valence-corrected chi connectivity index (χ3v) is 16.5. The van der Waals surface area contributed by atoms with Crippen molar-refractivity contribution in [2.75, 3.05) is 51.3 Å². The predicted molar refractivity (Wildman–Crippen MR) is 91.7 cm³/mol. The first-order chi connectivity index (χ1) is 8.22. The van der Waals surface area contributed by atoms with Crippen molar-refractivity contribution in [3.63, 3.8) is 0 Å². The fraction of sp³-hybridized carbons (Fsp3) is 1.00. The van der Waals surface area contributed by atoms with E-state index in [1.165, 1.54) is 0 Å². The number of phosphoric acid groups is 1. The molecule has 1 unspecified atom stereocenters. The van der Waals surface area contributed by atoms with Gasteiger partial charge in [0, 0.05) is 0 Å². The first-order valence-corrected chi connectivity index (χ1v) is 15.3. The Balaban J connectivity index is 5.45. The fourth-order valence-corrected chi connectivity index (χ4v) is 12.8. The van der Waals surface area contributed by atoms with Crippen LogP contribution in [-0.4, -0.2) is 56.2 Å². The molecular weight excluding hydrogens is 301 g/mol. The molecule has 0 heterocycles. The maximum absolute atomic E-state index is 12.5. The van der Waals surface area contributed by atoms with Crippen molar-refractivity contribution in [1.82, 2.24) is 0 Å². The van der Waals surface area contributed by atoms with Crippen molar-refractivity contribution >= 4 is 21.5 Å². The van der Waals surface area contributed by atoms with Gasteiger partial charge in [-0.05, 0) is 0 Å². The van der Waals surface area contributed by atoms with E-state index >= 15 is 0 Å². The summed E-state index contributed by atoms with van der Waals surface area (Å²) in [6, 6.07) is 0. The normalized spacial score (nSPS) is 20.9. The van der Waals surface area contributed by atoms with Gasteiger partial charge < -0.3 is 0 Å². The van der Waals surface area contributed by atoms with Gasteiger partial charge in [0.1, 0.15) is 0 Å². The summed E-state index contributed by atoms with van der Waals surface area (Å²) in [5.41, 5.74) is 0. The van der Waals surface area contributed by atoms with E-state index in [0.29, 0.717) is 0 Å². The van der Waals surface area contributed by atoms with Gasteiger partial charge in [-0.2, -0.15) is 0 Å². The summed E-state index contributed by atoms with van der Waals surface area (Å²) in [6.45, 7) is 10.7. The molecule has 0 rings (SSSR count). The summed E-state index contributed by atoms with van der Waals surface area (Å²) < 4.78 is 23.9. The molecule has 1 atom stereocenters. The van der Waals surface area contributed by atoms with E-state index < -0.39 is 21.5 Å². The minimum absolute atomic E-state index is 0.819. The van der Waals surface area contributed by atoms with E-state index in [0.717, 1.165) is 24.6 Å². The van der Waals surface area contributed by atoms with Crippen LogP contribution in [0.4, 0.5) is 0 Å². The van der Waals surface area contributed by atoms with Crippen molar-refractivity contribution in [2.45, 2.75) is 27.7 Å². The van der Waals surface area contributed by atoms with Crippen molar-refractivity contribution in [2.24, 2.45) is 0 Å². The zero-order valence-corrected chi connectivity index (χ0v) is 16.5. The SMILES string of the molecule is CCP(CC)(CC)(CC)OP(=O)(O)OP(C)(C)(C)C. The first-order valence-electron chi connectivity index (χ1n) is 7.00. The Morgan fingerprint density at radius 3 is 1.37 bits per heavy atom. The van der Waals surface area contributed by atoms with Crippen LogP contribution in [0.15, 0.2) is 0 Å². The van der Waals surface area contributed by atoms with Gasteiger partial charge >= 0.3 is 119 Å². The van der Waals surface area contributed by atoms with Crippen LogP contribution < -0.4 is 0 Å². The molecule has 7 heteroatoms. The van der Waals surface area contributed by atoms with Crippen LogP contribution in [0.3, 0.4) is 0 Å². The Labute approximate surface area is 119 Å². The summed E-state index contributed by atoms with van der Waals surface area (Å²) in [4.78, 5) is 10.2. The van der Waals surface area contributed by atoms with Gasteiger partial charge in [-0.15, -0.1) is 0 Å². The van der Waals surface area contributed by atoms with Crippen molar-refractivity contribution < 1.29 is 18.1 Å². The molecule has 0 aliphatic carbocycles. The van der Waals surface area contributed by atoms with Crippen molar-refractivity contribution in [3.8, 4) is 0 Å². The average Bonchev–Trinajstić information content (AvgIpc) is 2.22. The molecule has 0 bridgehead atoms. The summed E-state index contributed by atoms with van der Waals surface area (Å²) in [5, 5.41) is 0. The number of hydrogen-bond donors (Lipinski definition) is 1. The van der Waals surface area contributed by atoms with Crippen LogP contribution in [0.5, 0.6) is 0 Å². The Bertz CT molecular complexity index is 336. The molecular formula is C12H33O4P3. The molecule has 0 aromatic carbocycles. The Kier molecular flexibility index (Phi) is 5.92. The Morgan fingerprint density at radius 2 is 1.16 bits per heavy atom. The van der Waals surface area contributed by atoms with Gasteiger partial charge in [-0.3, -0.25) is 0 Å². The molecule has 1 N–H and O–H groups in total. The van der Waals surface area contributed by atoms with Gasteiger partial charge in [0.2, 0.25) is 0 Å². The second-order valence-corrected chi connectivity index (χ2v) is 22.5. The van der Waals surface area contributed by atoms with Gasteiger partial charge in [0.25, 0.3) is 0 Å². The second kappa shape index (κ2) is 5.64. The third-order valence-electron chi connectivity index (χ3n) is 3.96. The number of rotatable bonds is 8. The van der Waals surface area contributed by atoms with Crippen LogP contribution >= 0.6 is 21.5 Å². The molecule has 0 aromatic rings. The minimum atomic E-state index is -4.02. The van der Waals surface area contributed by atoms with E-state index in [-0.39, 0.29) is 0 Å². The molecule has 4 nitrogen and oxygen atoms in total. The molecule has 0 saturated heterocycles. The molecule has 0 saturated carbocycles. The van der Waals surface area contributed by atoms with Crippen LogP contribution in [0.25, 0.3) is 0 Å². The van der Waals surface area contributed by atoms with Gasteiger partial charge in [-0.25, -0.2) is 0 Å². The quantitative estimate of drug-likeness (QED) is 0.656. The van der Waals surface area contributed by atoms with E-state index in [2.05, 4.69) is 27.7 Å². The fourth-order valence-electron chi connectivity index (χ4n) is 2.29. The van der Waals surface area contributed by atoms with Crippen LogP contribution in [-0.2, 0) is 13.2 Å². The van der Waals surface area contributed by atoms with Crippen molar-refractivity contribution in [3.05, 3.63) is 0 Å². The molecule has 0 spiro atoms. The summed E-state index contributed by atoms with van der Waals surface area (Å²) >= 11 is 0. The van der Waals surface area contributed by atoms with E-state index in [4.69, 9.17) is 8.62 Å². The molecule has 120 valence electrons. The average molecular weight is 334 g/mol. The molecule has 0 radical (unpaired) electrons. The van der Waals surface area contributed by atoms with E-state index in [9.17, 15) is 9.46 Å². The van der Waals surface area contributed by atoms with Gasteiger partial charge in [-0.1, -0.05) is 0 Å². The second-order valence-electron chi connectivity index (χ2n) is 7.17. The molecule has 0 aliphatic heterocycles. The number of hydrogen-bond acceptors (Lipinski definition) is 3. The molecule has 0 amide bonds. The van der Waals surface area contributed by atoms with Crippen LogP contribution in [0, 0.1) is 0 Å². The topological polar surface area (TPSA) is 55.8 Å². The zero-order chi connectivity index (χ0) is 15.6. The van der Waals surface area contributed by atoms with Crippen LogP contribution in [0.2, 0.25) is 0 Å². The standard InChI is InChI=1S/C12H33O4P3/c1-9-19(10-2,11-3,12-4)16-17(13,14)15-18(5,6,7)8/h9-12H2,1-8H3,(H,13,14). The van der Waals surface area contributed by atoms with Gasteiger partial charge in [0.05, 0.1) is 0 Å². The molecule has 0 aliphatic rings. The summed E-state index contributed by atoms with van der Waals surface area (Å²) in [7, 11) is -4.02. The summed E-state index contributed by atoms with van der Waals surface area (Å²) in [6.07, 6.45) is 3.28. The zero-order valence-electron chi connectivity index (χ0n) is 13.8. The molecule has 19 heavy (non-hydrogen) atoms. The maximum atomic E-state index is 12.5. The predicted octanol–water partition coefficient (Wildman–Crippen LogP) is 4.66. The summed E-state index contributed by atoms with van der Waals surface area (Å²) in [5.74, 6) is 0. The monoisotopic (exact) mass is 334 g/mol. The molecule has 0 aromatic heterocycles.